The van der Waals surface area contributed by atoms with Crippen molar-refractivity contribution in [1.82, 2.24) is 0 Å². The van der Waals surface area contributed by atoms with Gasteiger partial charge in [-0.3, -0.25) is 0 Å². The van der Waals surface area contributed by atoms with Crippen molar-refractivity contribution in [2.45, 2.75) is 0 Å². The van der Waals surface area contributed by atoms with Gasteiger partial charge in [-0.05, 0) is 0 Å². The van der Waals surface area contributed by atoms with Gasteiger partial charge in [0.1, 0.15) is 0 Å². The summed E-state index contributed by atoms with van der Waals surface area (Å²) in [7, 11) is 0. The van der Waals surface area contributed by atoms with Crippen LogP contribution >= 0.6 is 0 Å². The zero-order chi connectivity index (χ0) is 0. The molecule has 0 saturated carbocycles. The van der Waals surface area contributed by atoms with Crippen LogP contribution in [0.1, 0.15) is 0 Å². The molecule has 0 bridgehead atoms. The number of hydrogen-bond acceptors (Lipinski definition) is 0. The first-order chi connectivity index (χ1) is 0. The molecule has 0 aliphatic carbocycles. The first-order valence-electron chi connectivity index (χ1n) is 0. The second kappa shape index (κ2) is 29.1. The zero-order valence-corrected chi connectivity index (χ0v) is 8.58. The largest absolute Gasteiger partial charge is 0 e. The summed E-state index contributed by atoms with van der Waals surface area (Å²) in [6.07, 6.45) is 0. The summed E-state index contributed by atoms with van der Waals surface area (Å²) in [5, 5.41) is 0. The molecule has 0 aromatic heterocycles. The third-order valence-corrected chi connectivity index (χ3v) is 0. The Labute approximate surface area is 89.0 Å². The van der Waals surface area contributed by atoms with Gasteiger partial charge in [-0.25, -0.2) is 0 Å². The van der Waals surface area contributed by atoms with E-state index in [-0.39, 0.29) is 90.3 Å². The van der Waals surface area contributed by atoms with Crippen molar-refractivity contribution in [2.75, 3.05) is 0 Å². The van der Waals surface area contributed by atoms with Crippen molar-refractivity contribution >= 4 is 18.9 Å². The van der Waals surface area contributed by atoms with Crippen LogP contribution in [0.5, 0.6) is 0 Å². The Balaban J connectivity index is 0. The van der Waals surface area contributed by atoms with Gasteiger partial charge in [0.05, 0.1) is 0 Å². The van der Waals surface area contributed by atoms with Crippen LogP contribution in [0.15, 0.2) is 0 Å². The van der Waals surface area contributed by atoms with Crippen LogP contribution < -0.4 is 0 Å². The Morgan fingerprint density at radius 2 is 1.00 bits per heavy atom. The van der Waals surface area contributed by atoms with E-state index in [0.29, 0.717) is 0 Å². The van der Waals surface area contributed by atoms with E-state index in [0.717, 1.165) is 0 Å². The summed E-state index contributed by atoms with van der Waals surface area (Å²) in [5.41, 5.74) is 0. The van der Waals surface area contributed by atoms with E-state index in [9.17, 15) is 0 Å². The van der Waals surface area contributed by atoms with Gasteiger partial charge in [0.25, 0.3) is 0 Å². The van der Waals surface area contributed by atoms with Gasteiger partial charge in [-0.1, -0.05) is 0 Å². The zero-order valence-electron chi connectivity index (χ0n) is 2.44. The van der Waals surface area contributed by atoms with Gasteiger partial charge >= 0.3 is 0 Å². The molecule has 0 saturated heterocycles. The SMILES string of the molecule is [Co].[Li].[Mn].[Ni].[W]. The first kappa shape index (κ1) is 45.9. The van der Waals surface area contributed by atoms with Crippen molar-refractivity contribution < 1.29 is 71.4 Å². The summed E-state index contributed by atoms with van der Waals surface area (Å²) in [6.45, 7) is 0. The third-order valence-electron chi connectivity index (χ3n) is 0. The van der Waals surface area contributed by atoms with Crippen molar-refractivity contribution in [3.8, 4) is 0 Å². The van der Waals surface area contributed by atoms with Gasteiger partial charge in [0.2, 0.25) is 0 Å². The maximum atomic E-state index is 0. The first-order valence-corrected chi connectivity index (χ1v) is 0. The molecule has 0 aromatic carbocycles. The summed E-state index contributed by atoms with van der Waals surface area (Å²) >= 11 is 0. The van der Waals surface area contributed by atoms with Crippen LogP contribution in [-0.4, -0.2) is 18.9 Å². The Kier molecular flexibility index (Phi) is 268. The Bertz CT molecular complexity index is 11.6. The Morgan fingerprint density at radius 1 is 1.00 bits per heavy atom. The molecule has 0 N–H and O–H groups in total. The third kappa shape index (κ3) is 20.0. The van der Waals surface area contributed by atoms with E-state index in [2.05, 4.69) is 0 Å². The van der Waals surface area contributed by atoms with Crippen molar-refractivity contribution in [3.63, 3.8) is 0 Å². The molecular weight excluding hydrogens is 363 g/mol. The Morgan fingerprint density at radius 3 is 1.00 bits per heavy atom. The topological polar surface area (TPSA) is 0 Å². The van der Waals surface area contributed by atoms with E-state index in [1.54, 1.807) is 0 Å². The predicted octanol–water partition coefficient (Wildman–Crippen LogP) is -0.391. The normalized spacial score (nSPS) is 0. The minimum absolute atomic E-state index is 0. The van der Waals surface area contributed by atoms with Gasteiger partial charge in [-0.15, -0.1) is 0 Å². The summed E-state index contributed by atoms with van der Waals surface area (Å²) in [5.74, 6) is 0. The number of hydrogen-bond donors (Lipinski definition) is 0. The molecule has 0 atom stereocenters. The monoisotopic (exact) mass is 363 g/mol. The number of rotatable bonds is 0. The maximum absolute atomic E-state index is 0. The van der Waals surface area contributed by atoms with E-state index in [4.69, 9.17) is 0 Å². The molecule has 0 unspecified atom stereocenters. The summed E-state index contributed by atoms with van der Waals surface area (Å²) in [4.78, 5) is 0. The van der Waals surface area contributed by atoms with Crippen LogP contribution in [0.2, 0.25) is 0 Å². The second-order valence-corrected chi connectivity index (χ2v) is 0. The average Bonchev–Trinajstić information content (AvgIpc) is 0. The van der Waals surface area contributed by atoms with Crippen LogP contribution in [0.3, 0.4) is 0 Å². The quantitative estimate of drug-likeness (QED) is 0.515. The molecule has 0 spiro atoms. The van der Waals surface area contributed by atoms with E-state index >= 15 is 0 Å². The van der Waals surface area contributed by atoms with Crippen molar-refractivity contribution in [1.29, 1.82) is 0 Å². The van der Waals surface area contributed by atoms with Gasteiger partial charge in [0, 0.05) is 90.3 Å². The molecule has 5 heteroatoms. The molecule has 0 rings (SSSR count). The standard InChI is InChI=1S/Co.Li.Mn.Ni.W. The van der Waals surface area contributed by atoms with Crippen LogP contribution in [-0.2, 0) is 71.4 Å². The van der Waals surface area contributed by atoms with E-state index in [1.165, 1.54) is 0 Å². The maximum Gasteiger partial charge on any atom is 0 e. The predicted molar refractivity (Wildman–Crippen MR) is 5.75 cm³/mol. The fraction of sp³-hybridized carbons (Fsp3) is 0. The minimum atomic E-state index is 0. The van der Waals surface area contributed by atoms with Gasteiger partial charge < -0.3 is 0 Å². The van der Waals surface area contributed by atoms with Crippen LogP contribution in [0.4, 0.5) is 0 Å². The molecule has 5 heavy (non-hydrogen) atoms. The van der Waals surface area contributed by atoms with Crippen LogP contribution in [0, 0.1) is 0 Å². The smallest absolute Gasteiger partial charge is 0 e. The Hall–Kier alpha value is 2.81. The van der Waals surface area contributed by atoms with E-state index in [1.807, 2.05) is 0 Å². The molecule has 0 aromatic rings. The molecule has 0 aliphatic rings. The molecule has 0 amide bonds. The molecule has 0 heterocycles. The summed E-state index contributed by atoms with van der Waals surface area (Å²) < 4.78 is 0. The van der Waals surface area contributed by atoms with Crippen molar-refractivity contribution in [3.05, 3.63) is 0 Å². The minimum Gasteiger partial charge on any atom is 0 e. The average molecular weight is 363 g/mol. The molecular formula is CoLiMnNiW. The fourth-order valence-electron chi connectivity index (χ4n) is 0. The van der Waals surface area contributed by atoms with E-state index < -0.39 is 0 Å². The molecule has 3 radical (unpaired) electrons. The fourth-order valence-corrected chi connectivity index (χ4v) is 0. The molecule has 33 valence electrons. The molecule has 0 nitrogen and oxygen atoms in total. The van der Waals surface area contributed by atoms with Gasteiger partial charge in [0.15, 0.2) is 0 Å². The second-order valence-electron chi connectivity index (χ2n) is 0. The van der Waals surface area contributed by atoms with Crippen LogP contribution in [0.25, 0.3) is 0 Å². The van der Waals surface area contributed by atoms with Crippen molar-refractivity contribution in [2.24, 2.45) is 0 Å². The summed E-state index contributed by atoms with van der Waals surface area (Å²) in [6, 6.07) is 0. The molecule has 0 aliphatic heterocycles. The molecule has 0 fully saturated rings. The van der Waals surface area contributed by atoms with Gasteiger partial charge in [-0.2, -0.15) is 0 Å².